The van der Waals surface area contributed by atoms with Crippen LogP contribution in [0.4, 0.5) is 10.5 Å². The van der Waals surface area contributed by atoms with Gasteiger partial charge < -0.3 is 19.1 Å². The summed E-state index contributed by atoms with van der Waals surface area (Å²) < 4.78 is 16.6. The van der Waals surface area contributed by atoms with Gasteiger partial charge in [0.05, 0.1) is 6.61 Å². The van der Waals surface area contributed by atoms with Gasteiger partial charge in [-0.15, -0.1) is 0 Å². The summed E-state index contributed by atoms with van der Waals surface area (Å²) in [7, 11) is -2.48. The summed E-state index contributed by atoms with van der Waals surface area (Å²) in [6.45, 7) is 2.30. The smallest absolute Gasteiger partial charge is 0.788 e. The van der Waals surface area contributed by atoms with Crippen molar-refractivity contribution < 1.29 is 48.5 Å². The zero-order valence-electron chi connectivity index (χ0n) is 14.1. The first-order valence-corrected chi connectivity index (χ1v) is 8.91. The summed E-state index contributed by atoms with van der Waals surface area (Å²) in [4.78, 5) is 25.6. The number of carbonyl (C=O) groups is 1. The second kappa shape index (κ2) is 9.40. The molecule has 0 bridgehead atoms. The molecule has 2 rings (SSSR count). The van der Waals surface area contributed by atoms with Crippen molar-refractivity contribution in [2.75, 3.05) is 18.6 Å². The molecule has 0 fully saturated rings. The van der Waals surface area contributed by atoms with Crippen molar-refractivity contribution in [3.63, 3.8) is 0 Å². The van der Waals surface area contributed by atoms with Crippen molar-refractivity contribution >= 4 is 24.1 Å². The van der Waals surface area contributed by atoms with Crippen molar-refractivity contribution in [1.82, 2.24) is 0 Å². The molecule has 0 amide bonds. The maximum absolute atomic E-state index is 12.0. The molecule has 0 N–H and O–H groups in total. The molecule has 0 aliphatic rings. The number of carbonyl (C=O) groups excluding carboxylic acids is 1. The van der Waals surface area contributed by atoms with Crippen LogP contribution in [0.15, 0.2) is 54.6 Å². The molecule has 1 unspecified atom stereocenters. The summed E-state index contributed by atoms with van der Waals surface area (Å²) in [6, 6.07) is 16.2. The van der Waals surface area contributed by atoms with Gasteiger partial charge in [-0.05, 0) is 24.6 Å². The molecule has 0 heterocycles. The Labute approximate surface area is 164 Å². The molecule has 0 aliphatic heterocycles. The van der Waals surface area contributed by atoms with Crippen molar-refractivity contribution in [1.29, 1.82) is 0 Å². The van der Waals surface area contributed by atoms with E-state index in [9.17, 15) is 14.3 Å². The maximum atomic E-state index is 12.0. The van der Waals surface area contributed by atoms with E-state index in [4.69, 9.17) is 0 Å². The molecule has 5 nitrogen and oxygen atoms in total. The summed E-state index contributed by atoms with van der Waals surface area (Å²) in [5, 5.41) is -0.0344. The minimum atomic E-state index is -4.40. The van der Waals surface area contributed by atoms with Gasteiger partial charge in [0.1, 0.15) is 0 Å². The van der Waals surface area contributed by atoms with E-state index in [-0.39, 0.29) is 41.5 Å². The second-order valence-electron chi connectivity index (χ2n) is 5.11. The summed E-state index contributed by atoms with van der Waals surface area (Å²) in [5.74, 6) is 0. The molecule has 0 spiro atoms. The number of anilines is 1. The van der Waals surface area contributed by atoms with Gasteiger partial charge in [0.15, 0.2) is 7.37 Å². The van der Waals surface area contributed by atoms with Crippen molar-refractivity contribution in [2.24, 2.45) is 0 Å². The Morgan fingerprint density at radius 1 is 1.12 bits per heavy atom. The minimum Gasteiger partial charge on any atom is -0.788 e. The number of nitrogens with zero attached hydrogens (tertiary/aromatic N) is 1. The largest absolute Gasteiger partial charge is 1.00 e. The third-order valence-corrected chi connectivity index (χ3v) is 4.99. The third-order valence-electron chi connectivity index (χ3n) is 3.40. The van der Waals surface area contributed by atoms with Gasteiger partial charge in [0.25, 0.3) is 0 Å². The quantitative estimate of drug-likeness (QED) is 0.528. The summed E-state index contributed by atoms with van der Waals surface area (Å²) in [5.41, 5.74) is 0.826. The zero-order chi connectivity index (χ0) is 16.9. The molecule has 122 valence electrons. The van der Waals surface area contributed by atoms with Crippen LogP contribution in [0.5, 0.6) is 0 Å². The van der Waals surface area contributed by atoms with E-state index >= 15 is 0 Å². The molecular formula is C17H19NNaO4P. The predicted molar refractivity (Wildman–Crippen MR) is 89.3 cm³/mol. The van der Waals surface area contributed by atoms with Crippen LogP contribution in [-0.2, 0) is 15.8 Å². The van der Waals surface area contributed by atoms with E-state index in [2.05, 4.69) is 4.74 Å². The fourth-order valence-corrected chi connectivity index (χ4v) is 3.22. The van der Waals surface area contributed by atoms with E-state index in [0.717, 1.165) is 11.3 Å². The first-order chi connectivity index (χ1) is 10.9. The van der Waals surface area contributed by atoms with Gasteiger partial charge in [-0.3, -0.25) is 0 Å². The average molecular weight is 355 g/mol. The fraction of sp³-hybridized carbons (Fsp3) is 0.235. The van der Waals surface area contributed by atoms with Crippen LogP contribution in [-0.4, -0.2) is 19.4 Å². The Balaban J connectivity index is 0.00000288. The normalized spacial score (nSPS) is 12.6. The van der Waals surface area contributed by atoms with Crippen LogP contribution in [0.1, 0.15) is 12.5 Å². The van der Waals surface area contributed by atoms with Crippen LogP contribution in [0.3, 0.4) is 0 Å². The molecule has 0 saturated carbocycles. The molecule has 0 radical (unpaired) electrons. The molecule has 2 aromatic carbocycles. The van der Waals surface area contributed by atoms with E-state index in [1.54, 1.807) is 19.1 Å². The van der Waals surface area contributed by atoms with Crippen LogP contribution in [0, 0.1) is 0 Å². The predicted octanol–water partition coefficient (Wildman–Crippen LogP) is -0.253. The topological polar surface area (TPSA) is 69.7 Å². The Morgan fingerprint density at radius 2 is 1.71 bits per heavy atom. The standard InChI is InChI=1S/C17H20NO4P.Na/c1-3-22-17(19)23(20,21)16-11-9-15(10-12-16)18(2)13-14-7-5-4-6-8-14;/h4-12H,3,13H2,1-2H3,(H,20,21);/q;+1/p-1. The van der Waals surface area contributed by atoms with Gasteiger partial charge >= 0.3 is 35.3 Å². The van der Waals surface area contributed by atoms with Crippen molar-refractivity contribution in [3.05, 3.63) is 60.2 Å². The number of rotatable bonds is 6. The monoisotopic (exact) mass is 355 g/mol. The van der Waals surface area contributed by atoms with Gasteiger partial charge in [-0.25, -0.2) is 4.79 Å². The van der Waals surface area contributed by atoms with E-state index in [1.165, 1.54) is 12.1 Å². The van der Waals surface area contributed by atoms with Crippen molar-refractivity contribution in [2.45, 2.75) is 13.5 Å². The van der Waals surface area contributed by atoms with E-state index < -0.39 is 13.1 Å². The van der Waals surface area contributed by atoms with E-state index in [0.29, 0.717) is 6.54 Å². The first kappa shape index (κ1) is 20.9. The van der Waals surface area contributed by atoms with Gasteiger partial charge in [-0.1, -0.05) is 42.5 Å². The Morgan fingerprint density at radius 3 is 2.25 bits per heavy atom. The molecule has 0 aliphatic carbocycles. The molecule has 1 atom stereocenters. The van der Waals surface area contributed by atoms with Crippen LogP contribution < -0.4 is 44.7 Å². The van der Waals surface area contributed by atoms with Gasteiger partial charge in [0, 0.05) is 24.6 Å². The molecular weight excluding hydrogens is 336 g/mol. The Bertz CT molecular complexity index is 706. The minimum absolute atomic E-state index is 0. The number of ether oxygens (including phenoxy) is 1. The first-order valence-electron chi connectivity index (χ1n) is 7.29. The third kappa shape index (κ3) is 5.20. The molecule has 0 aromatic heterocycles. The molecule has 24 heavy (non-hydrogen) atoms. The second-order valence-corrected chi connectivity index (χ2v) is 7.09. The fourth-order valence-electron chi connectivity index (χ4n) is 2.17. The zero-order valence-corrected chi connectivity index (χ0v) is 17.0. The molecule has 2 aromatic rings. The van der Waals surface area contributed by atoms with Crippen LogP contribution >= 0.6 is 7.37 Å². The SMILES string of the molecule is CCOC(=O)P(=O)([O-])c1ccc(N(C)Cc2ccccc2)cc1.[Na+]. The maximum Gasteiger partial charge on any atom is 1.00 e. The van der Waals surface area contributed by atoms with Gasteiger partial charge in [0.2, 0.25) is 0 Å². The Kier molecular flexibility index (Phi) is 8.20. The van der Waals surface area contributed by atoms with Crippen LogP contribution in [0.2, 0.25) is 0 Å². The number of hydrogen-bond donors (Lipinski definition) is 0. The summed E-state index contributed by atoms with van der Waals surface area (Å²) in [6.07, 6.45) is 0. The van der Waals surface area contributed by atoms with E-state index in [1.807, 2.05) is 42.3 Å². The van der Waals surface area contributed by atoms with Crippen molar-refractivity contribution in [3.8, 4) is 0 Å². The number of hydrogen-bond acceptors (Lipinski definition) is 5. The number of benzene rings is 2. The molecule has 7 heteroatoms. The average Bonchev–Trinajstić information content (AvgIpc) is 2.56. The van der Waals surface area contributed by atoms with Crippen LogP contribution in [0.25, 0.3) is 0 Å². The summed E-state index contributed by atoms with van der Waals surface area (Å²) >= 11 is 0. The Hall–Kier alpha value is -1.10. The van der Waals surface area contributed by atoms with Gasteiger partial charge in [-0.2, -0.15) is 0 Å². The molecule has 0 saturated heterocycles.